The molecule has 0 aliphatic heterocycles. The van der Waals surface area contributed by atoms with E-state index in [-0.39, 0.29) is 0 Å². The third-order valence-electron chi connectivity index (χ3n) is 3.06. The highest BCUT2D eigenvalue weighted by atomic mass is 32.2. The maximum absolute atomic E-state index is 5.54. The molecule has 0 spiro atoms. The van der Waals surface area contributed by atoms with Gasteiger partial charge in [-0.25, -0.2) is 15.8 Å². The molecule has 19 heavy (non-hydrogen) atoms. The molecule has 0 radical (unpaired) electrons. The first kappa shape index (κ1) is 12.4. The Bertz CT molecular complexity index is 583. The Morgan fingerprint density at radius 3 is 2.63 bits per heavy atom. The van der Waals surface area contributed by atoms with E-state index >= 15 is 0 Å². The summed E-state index contributed by atoms with van der Waals surface area (Å²) in [5.74, 6) is 7.66. The second kappa shape index (κ2) is 5.14. The van der Waals surface area contributed by atoms with E-state index in [0.29, 0.717) is 11.7 Å². The molecule has 2 aromatic heterocycles. The second-order valence-electron chi connectivity index (χ2n) is 4.56. The number of nitrogen functional groups attached to an aromatic ring is 1. The van der Waals surface area contributed by atoms with Gasteiger partial charge >= 0.3 is 0 Å². The van der Waals surface area contributed by atoms with E-state index in [1.807, 2.05) is 19.1 Å². The van der Waals surface area contributed by atoms with Gasteiger partial charge in [0.2, 0.25) is 0 Å². The molecule has 0 unspecified atom stereocenters. The quantitative estimate of drug-likeness (QED) is 0.506. The Balaban J connectivity index is 1.97. The van der Waals surface area contributed by atoms with Gasteiger partial charge < -0.3 is 5.43 Å². The largest absolute Gasteiger partial charge is 0.308 e. The summed E-state index contributed by atoms with van der Waals surface area (Å²) in [7, 11) is 0. The fourth-order valence-corrected chi connectivity index (χ4v) is 2.66. The lowest BCUT2D eigenvalue weighted by molar-refractivity contribution is 0.862. The van der Waals surface area contributed by atoms with Gasteiger partial charge in [0, 0.05) is 28.8 Å². The molecule has 0 atom stereocenters. The molecule has 1 aliphatic carbocycles. The fourth-order valence-electron chi connectivity index (χ4n) is 1.79. The SMILES string of the molecule is Cc1c(NN)nc(C2CC2)nc1Sc1ccncc1. The summed E-state index contributed by atoms with van der Waals surface area (Å²) in [5.41, 5.74) is 3.65. The summed E-state index contributed by atoms with van der Waals surface area (Å²) < 4.78 is 0. The van der Waals surface area contributed by atoms with Crippen molar-refractivity contribution in [3.63, 3.8) is 0 Å². The lowest BCUT2D eigenvalue weighted by atomic mass is 10.3. The molecule has 5 nitrogen and oxygen atoms in total. The molecule has 0 aromatic carbocycles. The summed E-state index contributed by atoms with van der Waals surface area (Å²) in [6.45, 7) is 1.98. The minimum atomic E-state index is 0.504. The van der Waals surface area contributed by atoms with Gasteiger partial charge in [0.25, 0.3) is 0 Å². The third-order valence-corrected chi connectivity index (χ3v) is 4.16. The van der Waals surface area contributed by atoms with Crippen molar-refractivity contribution >= 4 is 17.6 Å². The van der Waals surface area contributed by atoms with Crippen LogP contribution in [-0.2, 0) is 0 Å². The molecule has 3 N–H and O–H groups in total. The van der Waals surface area contributed by atoms with Crippen LogP contribution in [-0.4, -0.2) is 15.0 Å². The van der Waals surface area contributed by atoms with Crippen LogP contribution in [0.3, 0.4) is 0 Å². The molecule has 0 saturated heterocycles. The van der Waals surface area contributed by atoms with Crippen LogP contribution in [0.2, 0.25) is 0 Å². The number of nitrogens with zero attached hydrogens (tertiary/aromatic N) is 3. The molecule has 3 rings (SSSR count). The second-order valence-corrected chi connectivity index (χ2v) is 5.63. The van der Waals surface area contributed by atoms with Crippen molar-refractivity contribution in [2.75, 3.05) is 5.43 Å². The van der Waals surface area contributed by atoms with Gasteiger partial charge in [0.15, 0.2) is 0 Å². The molecule has 98 valence electrons. The zero-order chi connectivity index (χ0) is 13.2. The Morgan fingerprint density at radius 2 is 2.00 bits per heavy atom. The number of nitrogens with two attached hydrogens (primary N) is 1. The fraction of sp³-hybridized carbons (Fsp3) is 0.308. The van der Waals surface area contributed by atoms with Crippen LogP contribution in [0.5, 0.6) is 0 Å². The highest BCUT2D eigenvalue weighted by Crippen LogP contribution is 2.40. The topological polar surface area (TPSA) is 76.7 Å². The Morgan fingerprint density at radius 1 is 1.26 bits per heavy atom. The van der Waals surface area contributed by atoms with Crippen molar-refractivity contribution in [2.24, 2.45) is 5.84 Å². The van der Waals surface area contributed by atoms with Crippen molar-refractivity contribution in [1.82, 2.24) is 15.0 Å². The minimum Gasteiger partial charge on any atom is -0.308 e. The van der Waals surface area contributed by atoms with Gasteiger partial charge in [-0.3, -0.25) is 4.98 Å². The summed E-state index contributed by atoms with van der Waals surface area (Å²) in [5, 5.41) is 0.955. The smallest absolute Gasteiger partial charge is 0.147 e. The summed E-state index contributed by atoms with van der Waals surface area (Å²) in [6, 6.07) is 3.94. The number of anilines is 1. The van der Waals surface area contributed by atoms with E-state index in [1.54, 1.807) is 24.2 Å². The number of hydrogen-bond acceptors (Lipinski definition) is 6. The molecule has 1 fully saturated rings. The number of hydrazine groups is 1. The van der Waals surface area contributed by atoms with Crippen LogP contribution in [0, 0.1) is 6.92 Å². The van der Waals surface area contributed by atoms with E-state index in [1.165, 1.54) is 12.8 Å². The monoisotopic (exact) mass is 273 g/mol. The van der Waals surface area contributed by atoms with Gasteiger partial charge in [-0.2, -0.15) is 0 Å². The van der Waals surface area contributed by atoms with Crippen molar-refractivity contribution in [1.29, 1.82) is 0 Å². The maximum atomic E-state index is 5.54. The zero-order valence-corrected chi connectivity index (χ0v) is 11.4. The lowest BCUT2D eigenvalue weighted by Crippen LogP contribution is -2.13. The number of pyridine rings is 1. The first-order chi connectivity index (χ1) is 9.28. The number of hydrogen-bond donors (Lipinski definition) is 2. The highest BCUT2D eigenvalue weighted by Gasteiger charge is 2.28. The Labute approximate surface area is 116 Å². The summed E-state index contributed by atoms with van der Waals surface area (Å²) in [6.07, 6.45) is 5.91. The predicted octanol–water partition coefficient (Wildman–Crippen LogP) is 2.49. The molecule has 6 heteroatoms. The van der Waals surface area contributed by atoms with E-state index < -0.39 is 0 Å². The standard InChI is InChI=1S/C13H15N5S/c1-8-11(18-14)16-12(9-2-3-9)17-13(8)19-10-4-6-15-7-5-10/h4-7,9H,2-3,14H2,1H3,(H,16,17,18). The molecule has 2 heterocycles. The van der Waals surface area contributed by atoms with Gasteiger partial charge in [-0.05, 0) is 31.9 Å². The van der Waals surface area contributed by atoms with Gasteiger partial charge in [0.05, 0.1) is 0 Å². The number of aromatic nitrogens is 3. The predicted molar refractivity (Wildman–Crippen MR) is 74.9 cm³/mol. The number of nitrogens with one attached hydrogen (secondary N) is 1. The van der Waals surface area contributed by atoms with Gasteiger partial charge in [0.1, 0.15) is 16.7 Å². The van der Waals surface area contributed by atoms with E-state index in [2.05, 4.69) is 20.4 Å². The van der Waals surface area contributed by atoms with Crippen molar-refractivity contribution < 1.29 is 0 Å². The van der Waals surface area contributed by atoms with Crippen LogP contribution < -0.4 is 11.3 Å². The Hall–Kier alpha value is -1.66. The zero-order valence-electron chi connectivity index (χ0n) is 10.6. The maximum Gasteiger partial charge on any atom is 0.147 e. The van der Waals surface area contributed by atoms with Crippen molar-refractivity contribution in [3.05, 3.63) is 35.9 Å². The Kier molecular flexibility index (Phi) is 3.35. The van der Waals surface area contributed by atoms with Crippen LogP contribution in [0.15, 0.2) is 34.4 Å². The average Bonchev–Trinajstić information content (AvgIpc) is 3.27. The number of rotatable bonds is 4. The van der Waals surface area contributed by atoms with Gasteiger partial charge in [-0.1, -0.05) is 11.8 Å². The normalized spacial score (nSPS) is 14.4. The molecule has 2 aromatic rings. The molecular formula is C13H15N5S. The van der Waals surface area contributed by atoms with Gasteiger partial charge in [-0.15, -0.1) is 0 Å². The molecule has 1 saturated carbocycles. The average molecular weight is 273 g/mol. The van der Waals surface area contributed by atoms with Crippen LogP contribution in [0.1, 0.15) is 30.1 Å². The van der Waals surface area contributed by atoms with E-state index in [9.17, 15) is 0 Å². The lowest BCUT2D eigenvalue weighted by Gasteiger charge is -2.11. The van der Waals surface area contributed by atoms with Crippen molar-refractivity contribution in [3.8, 4) is 0 Å². The minimum absolute atomic E-state index is 0.504. The third kappa shape index (κ3) is 2.69. The van der Waals surface area contributed by atoms with Crippen LogP contribution in [0.25, 0.3) is 0 Å². The van der Waals surface area contributed by atoms with Crippen LogP contribution in [0.4, 0.5) is 5.82 Å². The van der Waals surface area contributed by atoms with E-state index in [0.717, 1.165) is 21.3 Å². The molecule has 0 bridgehead atoms. The van der Waals surface area contributed by atoms with Crippen molar-refractivity contribution in [2.45, 2.75) is 35.6 Å². The molecule has 1 aliphatic rings. The summed E-state index contributed by atoms with van der Waals surface area (Å²) in [4.78, 5) is 14.3. The molecule has 0 amide bonds. The highest BCUT2D eigenvalue weighted by molar-refractivity contribution is 7.99. The summed E-state index contributed by atoms with van der Waals surface area (Å²) >= 11 is 1.62. The first-order valence-corrected chi connectivity index (χ1v) is 7.02. The first-order valence-electron chi connectivity index (χ1n) is 6.21. The van der Waals surface area contributed by atoms with Crippen LogP contribution >= 0.6 is 11.8 Å². The van der Waals surface area contributed by atoms with E-state index in [4.69, 9.17) is 5.84 Å². The molecular weight excluding hydrogens is 258 g/mol.